The first-order chi connectivity index (χ1) is 26.3. The van der Waals surface area contributed by atoms with Crippen LogP contribution in [0.5, 0.6) is 0 Å². The monoisotopic (exact) mass is 757 g/mol. The third-order valence-corrected chi connectivity index (χ3v) is 11.6. The molecule has 1 heterocycles. The number of benzene rings is 4. The Balaban J connectivity index is 1.18. The van der Waals surface area contributed by atoms with Crippen LogP contribution in [0.25, 0.3) is 17.2 Å². The van der Waals surface area contributed by atoms with E-state index >= 15 is 0 Å². The molecule has 0 saturated heterocycles. The van der Waals surface area contributed by atoms with E-state index in [1.54, 1.807) is 49.4 Å². The van der Waals surface area contributed by atoms with Crippen molar-refractivity contribution in [2.45, 2.75) is 62.5 Å². The highest BCUT2D eigenvalue weighted by Gasteiger charge is 2.28. The van der Waals surface area contributed by atoms with Gasteiger partial charge < -0.3 is 20.7 Å². The van der Waals surface area contributed by atoms with Crippen molar-refractivity contribution in [3.8, 4) is 11.1 Å². The maximum Gasteiger partial charge on any atom is 0.341 e. The number of thiophene rings is 1. The summed E-state index contributed by atoms with van der Waals surface area (Å²) in [4.78, 5) is 55.7. The molecule has 3 amide bonds. The van der Waals surface area contributed by atoms with E-state index in [1.165, 1.54) is 23.1 Å². The van der Waals surface area contributed by atoms with E-state index in [1.807, 2.05) is 79.7 Å². The van der Waals surface area contributed by atoms with E-state index in [9.17, 15) is 19.2 Å². The maximum atomic E-state index is 13.8. The molecule has 54 heavy (non-hydrogen) atoms. The zero-order valence-corrected chi connectivity index (χ0v) is 32.0. The molecule has 0 saturated carbocycles. The Labute approximate surface area is 324 Å². The molecule has 0 bridgehead atoms. The van der Waals surface area contributed by atoms with Crippen LogP contribution in [0, 0.1) is 0 Å². The second-order valence-corrected chi connectivity index (χ2v) is 15.2. The van der Waals surface area contributed by atoms with E-state index in [4.69, 9.17) is 4.74 Å². The van der Waals surface area contributed by atoms with E-state index in [2.05, 4.69) is 16.0 Å². The van der Waals surface area contributed by atoms with Crippen molar-refractivity contribution in [2.24, 2.45) is 0 Å². The van der Waals surface area contributed by atoms with Crippen LogP contribution in [0.15, 0.2) is 120 Å². The van der Waals surface area contributed by atoms with Crippen LogP contribution in [0.4, 0.5) is 10.7 Å². The molecule has 1 aliphatic carbocycles. The Kier molecular flexibility index (Phi) is 13.1. The highest BCUT2D eigenvalue weighted by atomic mass is 32.2. The second kappa shape index (κ2) is 18.5. The molecule has 10 heteroatoms. The first-order valence-electron chi connectivity index (χ1n) is 18.3. The predicted octanol–water partition coefficient (Wildman–Crippen LogP) is 9.78. The molecule has 276 valence electrons. The zero-order chi connectivity index (χ0) is 37.9. The Morgan fingerprint density at radius 2 is 1.50 bits per heavy atom. The van der Waals surface area contributed by atoms with Crippen LogP contribution in [0.3, 0.4) is 0 Å². The minimum absolute atomic E-state index is 0.0759. The zero-order valence-electron chi connectivity index (χ0n) is 30.4. The van der Waals surface area contributed by atoms with Gasteiger partial charge >= 0.3 is 5.97 Å². The number of aryl methyl sites for hydroxylation is 1. The van der Waals surface area contributed by atoms with Gasteiger partial charge in [-0.3, -0.25) is 14.4 Å². The lowest BCUT2D eigenvalue weighted by molar-refractivity contribution is -0.116. The Morgan fingerprint density at radius 3 is 2.22 bits per heavy atom. The Hall–Kier alpha value is -5.45. The fourth-order valence-electron chi connectivity index (χ4n) is 6.29. The van der Waals surface area contributed by atoms with Gasteiger partial charge in [0.2, 0.25) is 5.91 Å². The van der Waals surface area contributed by atoms with Crippen LogP contribution >= 0.6 is 23.1 Å². The first kappa shape index (κ1) is 38.3. The van der Waals surface area contributed by atoms with Gasteiger partial charge in [0.25, 0.3) is 11.8 Å². The number of hydrogen-bond acceptors (Lipinski definition) is 7. The highest BCUT2D eigenvalue weighted by molar-refractivity contribution is 8.00. The first-order valence-corrected chi connectivity index (χ1v) is 20.0. The van der Waals surface area contributed by atoms with E-state index in [0.717, 1.165) is 64.1 Å². The quantitative estimate of drug-likeness (QED) is 0.0477. The van der Waals surface area contributed by atoms with Crippen LogP contribution < -0.4 is 16.0 Å². The summed E-state index contributed by atoms with van der Waals surface area (Å²) in [5.41, 5.74) is 5.35. The lowest BCUT2D eigenvalue weighted by Crippen LogP contribution is -2.30. The average molecular weight is 758 g/mol. The number of esters is 1. The van der Waals surface area contributed by atoms with Crippen molar-refractivity contribution in [1.29, 1.82) is 0 Å². The SMILES string of the molecule is CCOC(=O)c1c(NC(=O)C(CC)Sc2cccc(NC(=O)/C(=C\c3ccc(-c4ccccc4)cc3)NC(=O)c3ccccc3)c2)sc2c1CCCCC2. The number of carbonyl (C=O) groups excluding carboxylic acids is 4. The molecular weight excluding hydrogens is 715 g/mol. The molecule has 6 rings (SSSR count). The number of anilines is 2. The van der Waals surface area contributed by atoms with Crippen molar-refractivity contribution < 1.29 is 23.9 Å². The lowest BCUT2D eigenvalue weighted by atomic mass is 10.0. The van der Waals surface area contributed by atoms with Crippen molar-refractivity contribution >= 4 is 63.6 Å². The summed E-state index contributed by atoms with van der Waals surface area (Å²) < 4.78 is 5.41. The molecule has 8 nitrogen and oxygen atoms in total. The van der Waals surface area contributed by atoms with Gasteiger partial charge in [0, 0.05) is 21.0 Å². The summed E-state index contributed by atoms with van der Waals surface area (Å²) in [5, 5.41) is 8.90. The van der Waals surface area contributed by atoms with E-state index in [-0.39, 0.29) is 18.2 Å². The summed E-state index contributed by atoms with van der Waals surface area (Å²) in [7, 11) is 0. The molecule has 1 atom stereocenters. The predicted molar refractivity (Wildman–Crippen MR) is 219 cm³/mol. The Bertz CT molecular complexity index is 2130. The third kappa shape index (κ3) is 9.75. The molecule has 0 fully saturated rings. The van der Waals surface area contributed by atoms with Gasteiger partial charge in [-0.25, -0.2) is 4.79 Å². The van der Waals surface area contributed by atoms with Gasteiger partial charge in [-0.1, -0.05) is 92.2 Å². The molecular formula is C44H43N3O5S2. The largest absolute Gasteiger partial charge is 0.462 e. The van der Waals surface area contributed by atoms with Gasteiger partial charge in [-0.15, -0.1) is 23.1 Å². The van der Waals surface area contributed by atoms with Crippen molar-refractivity contribution in [1.82, 2.24) is 5.32 Å². The summed E-state index contributed by atoms with van der Waals surface area (Å²) >= 11 is 2.86. The lowest BCUT2D eigenvalue weighted by Gasteiger charge is -2.16. The smallest absolute Gasteiger partial charge is 0.341 e. The number of hydrogen-bond donors (Lipinski definition) is 3. The summed E-state index contributed by atoms with van der Waals surface area (Å²) in [6.07, 6.45) is 7.05. The standard InChI is InChI=1S/C44H43N3O5S2/c1-3-37(42(50)47-43-39(44(51)52-4-2)35-21-12-7-13-22-38(35)54-43)53-34-20-14-19-33(28-34)45-41(49)36(46-40(48)32-17-10-6-11-18-32)27-29-23-25-31(26-24-29)30-15-8-5-9-16-30/h5-6,8-11,14-20,23-28,37H,3-4,7,12-13,21-22H2,1-2H3,(H,45,49)(H,46,48)(H,47,50)/b36-27+. The molecule has 1 aliphatic rings. The van der Waals surface area contributed by atoms with Gasteiger partial charge in [-0.05, 0) is 97.7 Å². The third-order valence-electron chi connectivity index (χ3n) is 9.03. The number of carbonyl (C=O) groups is 4. The fraction of sp³-hybridized carbons (Fsp3) is 0.227. The number of thioether (sulfide) groups is 1. The molecule has 5 aromatic rings. The summed E-state index contributed by atoms with van der Waals surface area (Å²) in [6.45, 7) is 3.98. The topological polar surface area (TPSA) is 114 Å². The molecule has 1 aromatic heterocycles. The normalized spacial score (nSPS) is 13.2. The van der Waals surface area contributed by atoms with Crippen LogP contribution in [-0.2, 0) is 27.2 Å². The highest BCUT2D eigenvalue weighted by Crippen LogP contribution is 2.39. The minimum Gasteiger partial charge on any atom is -0.462 e. The van der Waals surface area contributed by atoms with Gasteiger partial charge in [0.1, 0.15) is 10.7 Å². The van der Waals surface area contributed by atoms with Gasteiger partial charge in [0.05, 0.1) is 17.4 Å². The van der Waals surface area contributed by atoms with Crippen LogP contribution in [0.1, 0.15) is 76.3 Å². The minimum atomic E-state index is -0.498. The maximum absolute atomic E-state index is 13.8. The van der Waals surface area contributed by atoms with Gasteiger partial charge in [-0.2, -0.15) is 0 Å². The second-order valence-electron chi connectivity index (χ2n) is 12.8. The number of nitrogens with one attached hydrogen (secondary N) is 3. The van der Waals surface area contributed by atoms with E-state index < -0.39 is 23.0 Å². The molecule has 0 spiro atoms. The van der Waals surface area contributed by atoms with Crippen molar-refractivity contribution in [3.05, 3.63) is 142 Å². The molecule has 0 radical (unpaired) electrons. The average Bonchev–Trinajstić information content (AvgIpc) is 3.37. The number of rotatable bonds is 13. The van der Waals surface area contributed by atoms with Crippen LogP contribution in [0.2, 0.25) is 0 Å². The number of fused-ring (bicyclic) bond motifs is 1. The molecule has 4 aromatic carbocycles. The molecule has 1 unspecified atom stereocenters. The van der Waals surface area contributed by atoms with E-state index in [0.29, 0.717) is 28.2 Å². The van der Waals surface area contributed by atoms with Crippen molar-refractivity contribution in [2.75, 3.05) is 17.2 Å². The Morgan fingerprint density at radius 1 is 0.796 bits per heavy atom. The summed E-state index contributed by atoms with van der Waals surface area (Å²) in [5.74, 6) is -1.51. The number of amides is 3. The van der Waals surface area contributed by atoms with Crippen LogP contribution in [-0.4, -0.2) is 35.5 Å². The van der Waals surface area contributed by atoms with Gasteiger partial charge in [0.15, 0.2) is 0 Å². The number of ether oxygens (including phenoxy) is 1. The molecule has 0 aliphatic heterocycles. The molecule has 3 N–H and O–H groups in total. The fourth-order valence-corrected chi connectivity index (χ4v) is 8.58. The summed E-state index contributed by atoms with van der Waals surface area (Å²) in [6, 6.07) is 33.7. The van der Waals surface area contributed by atoms with Crippen molar-refractivity contribution in [3.63, 3.8) is 0 Å².